The van der Waals surface area contributed by atoms with Gasteiger partial charge in [0.25, 0.3) is 0 Å². The van der Waals surface area contributed by atoms with Gasteiger partial charge in [0.15, 0.2) is 11.4 Å². The van der Waals surface area contributed by atoms with Crippen LogP contribution in [0.2, 0.25) is 0 Å². The quantitative estimate of drug-likeness (QED) is 0.900. The molecular weight excluding hydrogens is 251 g/mol. The van der Waals surface area contributed by atoms with Crippen LogP contribution in [0.15, 0.2) is 21.0 Å². The summed E-state index contributed by atoms with van der Waals surface area (Å²) in [7, 11) is 1.78. The van der Waals surface area contributed by atoms with E-state index in [-0.39, 0.29) is 5.58 Å². The second-order valence-corrected chi connectivity index (χ2v) is 3.79. The van der Waals surface area contributed by atoms with Crippen LogP contribution < -0.4 is 5.32 Å². The minimum Gasteiger partial charge on any atom is -0.436 e. The van der Waals surface area contributed by atoms with E-state index in [0.29, 0.717) is 22.4 Å². The Kier molecular flexibility index (Phi) is 2.52. The monoisotopic (exact) mass is 258 g/mol. The predicted octanol–water partition coefficient (Wildman–Crippen LogP) is 2.45. The van der Waals surface area contributed by atoms with Gasteiger partial charge in [0, 0.05) is 4.47 Å². The van der Waals surface area contributed by atoms with Crippen molar-refractivity contribution in [1.29, 1.82) is 0 Å². The fourth-order valence-corrected chi connectivity index (χ4v) is 1.65. The fraction of sp³-hybridized carbons (Fsp3) is 0.222. The molecule has 0 unspecified atom stereocenters. The van der Waals surface area contributed by atoms with Gasteiger partial charge in [0.2, 0.25) is 5.89 Å². The summed E-state index contributed by atoms with van der Waals surface area (Å²) in [4.78, 5) is 4.12. The van der Waals surface area contributed by atoms with Crippen LogP contribution in [-0.2, 0) is 6.54 Å². The summed E-state index contributed by atoms with van der Waals surface area (Å²) in [6.45, 7) is 0.492. The Morgan fingerprint density at radius 2 is 2.36 bits per heavy atom. The Bertz CT molecular complexity index is 469. The smallest absolute Gasteiger partial charge is 0.209 e. The zero-order valence-corrected chi connectivity index (χ0v) is 9.06. The largest absolute Gasteiger partial charge is 0.436 e. The van der Waals surface area contributed by atoms with Crippen molar-refractivity contribution < 1.29 is 8.81 Å². The maximum Gasteiger partial charge on any atom is 0.209 e. The lowest BCUT2D eigenvalue weighted by Crippen LogP contribution is -2.04. The van der Waals surface area contributed by atoms with Crippen LogP contribution in [0.25, 0.3) is 11.1 Å². The van der Waals surface area contributed by atoms with E-state index in [2.05, 4.69) is 26.2 Å². The molecule has 74 valence electrons. The van der Waals surface area contributed by atoms with Gasteiger partial charge < -0.3 is 9.73 Å². The summed E-state index contributed by atoms with van der Waals surface area (Å²) >= 11 is 3.19. The minimum absolute atomic E-state index is 0.207. The Morgan fingerprint density at radius 3 is 3.07 bits per heavy atom. The van der Waals surface area contributed by atoms with Gasteiger partial charge in [0.1, 0.15) is 5.52 Å². The molecule has 1 aromatic heterocycles. The van der Waals surface area contributed by atoms with Gasteiger partial charge in [-0.25, -0.2) is 9.37 Å². The summed E-state index contributed by atoms with van der Waals surface area (Å²) in [6, 6.07) is 3.08. The third kappa shape index (κ3) is 1.65. The number of hydrogen-bond acceptors (Lipinski definition) is 3. The molecule has 0 fully saturated rings. The van der Waals surface area contributed by atoms with E-state index in [0.717, 1.165) is 0 Å². The van der Waals surface area contributed by atoms with Gasteiger partial charge in [-0.3, -0.25) is 0 Å². The van der Waals surface area contributed by atoms with Crippen molar-refractivity contribution in [3.63, 3.8) is 0 Å². The van der Waals surface area contributed by atoms with E-state index in [1.165, 1.54) is 6.07 Å². The molecule has 0 radical (unpaired) electrons. The molecule has 14 heavy (non-hydrogen) atoms. The Hall–Kier alpha value is -0.940. The number of halogens is 2. The van der Waals surface area contributed by atoms with E-state index >= 15 is 0 Å². The molecule has 3 nitrogen and oxygen atoms in total. The van der Waals surface area contributed by atoms with Gasteiger partial charge in [-0.15, -0.1) is 0 Å². The molecule has 0 amide bonds. The third-order valence-electron chi connectivity index (χ3n) is 1.78. The van der Waals surface area contributed by atoms with Crippen molar-refractivity contribution in [3.8, 4) is 0 Å². The highest BCUT2D eigenvalue weighted by molar-refractivity contribution is 9.10. The van der Waals surface area contributed by atoms with E-state index in [9.17, 15) is 4.39 Å². The molecule has 5 heteroatoms. The topological polar surface area (TPSA) is 38.1 Å². The summed E-state index contributed by atoms with van der Waals surface area (Å²) in [5, 5.41) is 2.89. The fourth-order valence-electron chi connectivity index (χ4n) is 1.23. The summed E-state index contributed by atoms with van der Waals surface area (Å²) in [5.74, 6) is 0.0868. The van der Waals surface area contributed by atoms with Crippen molar-refractivity contribution in [2.75, 3.05) is 7.05 Å². The van der Waals surface area contributed by atoms with E-state index in [1.54, 1.807) is 13.1 Å². The highest BCUT2D eigenvalue weighted by atomic mass is 79.9. The standard InChI is InChI=1S/C9H8BrFN2O/c1-12-4-8-13-7-3-5(10)2-6(11)9(7)14-8/h2-3,12H,4H2,1H3. The lowest BCUT2D eigenvalue weighted by atomic mass is 10.3. The highest BCUT2D eigenvalue weighted by Gasteiger charge is 2.10. The van der Waals surface area contributed by atoms with Gasteiger partial charge >= 0.3 is 0 Å². The molecule has 1 heterocycles. The van der Waals surface area contributed by atoms with Crippen LogP contribution in [0.4, 0.5) is 4.39 Å². The Morgan fingerprint density at radius 1 is 1.57 bits per heavy atom. The van der Waals surface area contributed by atoms with Crippen LogP contribution in [0, 0.1) is 5.82 Å². The molecule has 2 aromatic rings. The van der Waals surface area contributed by atoms with Gasteiger partial charge in [-0.05, 0) is 19.2 Å². The molecule has 2 rings (SSSR count). The average Bonchev–Trinajstić information content (AvgIpc) is 2.48. The molecule has 0 aliphatic carbocycles. The zero-order chi connectivity index (χ0) is 10.1. The van der Waals surface area contributed by atoms with Crippen LogP contribution in [0.3, 0.4) is 0 Å². The molecule has 0 saturated heterocycles. The molecule has 0 atom stereocenters. The number of oxazole rings is 1. The Labute approximate surface area is 88.4 Å². The van der Waals surface area contributed by atoms with Crippen LogP contribution in [0.5, 0.6) is 0 Å². The van der Waals surface area contributed by atoms with E-state index in [1.807, 2.05) is 0 Å². The van der Waals surface area contributed by atoms with Crippen molar-refractivity contribution >= 4 is 27.0 Å². The first-order valence-corrected chi connectivity index (χ1v) is 4.89. The maximum absolute atomic E-state index is 13.3. The molecular formula is C9H8BrFN2O. The van der Waals surface area contributed by atoms with Gasteiger partial charge in [0.05, 0.1) is 6.54 Å². The van der Waals surface area contributed by atoms with Crippen molar-refractivity contribution in [3.05, 3.63) is 28.3 Å². The Balaban J connectivity index is 2.58. The molecule has 1 aromatic carbocycles. The van der Waals surface area contributed by atoms with Gasteiger partial charge in [-0.1, -0.05) is 15.9 Å². The van der Waals surface area contributed by atoms with Crippen LogP contribution in [0.1, 0.15) is 5.89 Å². The number of fused-ring (bicyclic) bond motifs is 1. The first kappa shape index (κ1) is 9.61. The second kappa shape index (κ2) is 3.67. The molecule has 0 aliphatic rings. The first-order chi connectivity index (χ1) is 6.70. The summed E-state index contributed by atoms with van der Waals surface area (Å²) in [5.41, 5.74) is 0.737. The van der Waals surface area contributed by atoms with E-state index < -0.39 is 5.82 Å². The number of rotatable bonds is 2. The lowest BCUT2D eigenvalue weighted by molar-refractivity contribution is 0.492. The summed E-state index contributed by atoms with van der Waals surface area (Å²) in [6.07, 6.45) is 0. The molecule has 0 aliphatic heterocycles. The van der Waals surface area contributed by atoms with Crippen LogP contribution >= 0.6 is 15.9 Å². The lowest BCUT2D eigenvalue weighted by Gasteiger charge is -1.90. The third-order valence-corrected chi connectivity index (χ3v) is 2.24. The zero-order valence-electron chi connectivity index (χ0n) is 7.47. The molecule has 0 spiro atoms. The van der Waals surface area contributed by atoms with Crippen molar-refractivity contribution in [2.24, 2.45) is 0 Å². The number of hydrogen-bond donors (Lipinski definition) is 1. The first-order valence-electron chi connectivity index (χ1n) is 4.10. The minimum atomic E-state index is -0.399. The predicted molar refractivity (Wildman–Crippen MR) is 54.4 cm³/mol. The number of nitrogens with zero attached hydrogens (tertiary/aromatic N) is 1. The van der Waals surface area contributed by atoms with E-state index in [4.69, 9.17) is 4.42 Å². The normalized spacial score (nSPS) is 11.1. The van der Waals surface area contributed by atoms with Crippen molar-refractivity contribution in [2.45, 2.75) is 6.54 Å². The number of benzene rings is 1. The second-order valence-electron chi connectivity index (χ2n) is 2.87. The van der Waals surface area contributed by atoms with Gasteiger partial charge in [-0.2, -0.15) is 0 Å². The van der Waals surface area contributed by atoms with Crippen LogP contribution in [-0.4, -0.2) is 12.0 Å². The highest BCUT2D eigenvalue weighted by Crippen LogP contribution is 2.23. The summed E-state index contributed by atoms with van der Waals surface area (Å²) < 4.78 is 19.2. The number of aromatic nitrogens is 1. The molecule has 1 N–H and O–H groups in total. The average molecular weight is 259 g/mol. The SMILES string of the molecule is CNCc1nc2cc(Br)cc(F)c2o1. The molecule has 0 bridgehead atoms. The number of nitrogens with one attached hydrogen (secondary N) is 1. The maximum atomic E-state index is 13.3. The van der Waals surface area contributed by atoms with Crippen molar-refractivity contribution in [1.82, 2.24) is 10.3 Å². The molecule has 0 saturated carbocycles.